The predicted molar refractivity (Wildman–Crippen MR) is 88.4 cm³/mol. The molecular formula is C17H21NO2S. The van der Waals surface area contributed by atoms with Gasteiger partial charge in [-0.3, -0.25) is 0 Å². The van der Waals surface area contributed by atoms with Crippen LogP contribution in [0.2, 0.25) is 0 Å². The zero-order chi connectivity index (χ0) is 14.9. The molecule has 0 heterocycles. The molecule has 112 valence electrons. The van der Waals surface area contributed by atoms with E-state index in [1.807, 2.05) is 31.3 Å². The number of ether oxygens (including phenoxy) is 2. The molecule has 1 N–H and O–H groups in total. The third-order valence-corrected chi connectivity index (χ3v) is 3.97. The summed E-state index contributed by atoms with van der Waals surface area (Å²) in [5.74, 6) is 2.62. The van der Waals surface area contributed by atoms with Crippen molar-refractivity contribution >= 4 is 11.8 Å². The van der Waals surface area contributed by atoms with Gasteiger partial charge in [0.05, 0.1) is 13.7 Å². The lowest BCUT2D eigenvalue weighted by Crippen LogP contribution is -2.09. The lowest BCUT2D eigenvalue weighted by molar-refractivity contribution is 0.335. The van der Waals surface area contributed by atoms with Crippen LogP contribution in [0.4, 0.5) is 0 Å². The summed E-state index contributed by atoms with van der Waals surface area (Å²) < 4.78 is 11.2. The Bertz CT molecular complexity index is 546. The van der Waals surface area contributed by atoms with E-state index in [0.29, 0.717) is 6.61 Å². The molecule has 0 aliphatic heterocycles. The topological polar surface area (TPSA) is 30.5 Å². The number of hydrogen-bond acceptors (Lipinski definition) is 4. The fraction of sp³-hybridized carbons (Fsp3) is 0.294. The van der Waals surface area contributed by atoms with E-state index < -0.39 is 0 Å². The van der Waals surface area contributed by atoms with E-state index in [1.165, 1.54) is 4.90 Å². The van der Waals surface area contributed by atoms with Crippen LogP contribution in [-0.2, 0) is 6.54 Å². The third-order valence-electron chi connectivity index (χ3n) is 2.99. The van der Waals surface area contributed by atoms with Crippen molar-refractivity contribution in [3.63, 3.8) is 0 Å². The highest BCUT2D eigenvalue weighted by Gasteiger charge is 2.05. The Morgan fingerprint density at radius 2 is 1.90 bits per heavy atom. The van der Waals surface area contributed by atoms with Crippen molar-refractivity contribution in [3.8, 4) is 11.5 Å². The van der Waals surface area contributed by atoms with Gasteiger partial charge in [-0.25, -0.2) is 0 Å². The first kappa shape index (κ1) is 15.7. The third kappa shape index (κ3) is 4.99. The lowest BCUT2D eigenvalue weighted by Gasteiger charge is -2.12. The number of rotatable bonds is 8. The lowest BCUT2D eigenvalue weighted by atomic mass is 10.2. The highest BCUT2D eigenvalue weighted by Crippen LogP contribution is 2.25. The zero-order valence-electron chi connectivity index (χ0n) is 12.5. The SMILES string of the molecule is CNCc1ccc(OC)cc1OCCSc1ccccc1. The van der Waals surface area contributed by atoms with Crippen molar-refractivity contribution in [1.82, 2.24) is 5.32 Å². The minimum atomic E-state index is 0.670. The molecule has 3 nitrogen and oxygen atoms in total. The van der Waals surface area contributed by atoms with E-state index >= 15 is 0 Å². The molecule has 0 bridgehead atoms. The van der Waals surface area contributed by atoms with E-state index in [2.05, 4.69) is 29.6 Å². The fourth-order valence-electron chi connectivity index (χ4n) is 1.96. The van der Waals surface area contributed by atoms with E-state index in [4.69, 9.17) is 9.47 Å². The highest BCUT2D eigenvalue weighted by molar-refractivity contribution is 7.99. The molecule has 0 aliphatic rings. The average Bonchev–Trinajstić information content (AvgIpc) is 2.54. The molecular weight excluding hydrogens is 282 g/mol. The molecule has 2 aromatic rings. The van der Waals surface area contributed by atoms with Gasteiger partial charge in [0.2, 0.25) is 0 Å². The van der Waals surface area contributed by atoms with E-state index in [-0.39, 0.29) is 0 Å². The van der Waals surface area contributed by atoms with Gasteiger partial charge >= 0.3 is 0 Å². The minimum Gasteiger partial charge on any atom is -0.497 e. The largest absolute Gasteiger partial charge is 0.497 e. The first-order chi connectivity index (χ1) is 10.3. The van der Waals surface area contributed by atoms with Gasteiger partial charge in [-0.05, 0) is 25.2 Å². The Hall–Kier alpha value is -1.65. The maximum absolute atomic E-state index is 5.91. The average molecular weight is 303 g/mol. The summed E-state index contributed by atoms with van der Waals surface area (Å²) in [4.78, 5) is 1.27. The quantitative estimate of drug-likeness (QED) is 0.596. The summed E-state index contributed by atoms with van der Waals surface area (Å²) in [6, 6.07) is 16.3. The van der Waals surface area contributed by atoms with Crippen LogP contribution in [0.15, 0.2) is 53.4 Å². The van der Waals surface area contributed by atoms with Gasteiger partial charge in [-0.2, -0.15) is 0 Å². The number of thioether (sulfide) groups is 1. The van der Waals surface area contributed by atoms with Gasteiger partial charge in [0.15, 0.2) is 0 Å². The summed E-state index contributed by atoms with van der Waals surface area (Å²) >= 11 is 1.80. The van der Waals surface area contributed by atoms with Crippen molar-refractivity contribution in [1.29, 1.82) is 0 Å². The molecule has 0 aliphatic carbocycles. The number of benzene rings is 2. The minimum absolute atomic E-state index is 0.670. The van der Waals surface area contributed by atoms with Gasteiger partial charge < -0.3 is 14.8 Å². The second-order valence-corrected chi connectivity index (χ2v) is 5.68. The summed E-state index contributed by atoms with van der Waals surface area (Å²) in [5, 5.41) is 3.15. The van der Waals surface area contributed by atoms with Crippen LogP contribution >= 0.6 is 11.8 Å². The second kappa shape index (κ2) is 8.60. The molecule has 2 aromatic carbocycles. The van der Waals surface area contributed by atoms with Crippen LogP contribution in [0, 0.1) is 0 Å². The van der Waals surface area contributed by atoms with Crippen molar-refractivity contribution in [2.45, 2.75) is 11.4 Å². The van der Waals surface area contributed by atoms with E-state index in [9.17, 15) is 0 Å². The Morgan fingerprint density at radius 3 is 2.62 bits per heavy atom. The predicted octanol–water partition coefficient (Wildman–Crippen LogP) is 3.59. The van der Waals surface area contributed by atoms with Gasteiger partial charge in [-0.1, -0.05) is 24.3 Å². The second-order valence-electron chi connectivity index (χ2n) is 4.51. The van der Waals surface area contributed by atoms with Crippen LogP contribution in [0.25, 0.3) is 0 Å². The Morgan fingerprint density at radius 1 is 1.10 bits per heavy atom. The molecule has 0 aromatic heterocycles. The van der Waals surface area contributed by atoms with Crippen molar-refractivity contribution in [2.75, 3.05) is 26.5 Å². The Labute approximate surface area is 130 Å². The first-order valence-corrected chi connectivity index (χ1v) is 7.94. The number of hydrogen-bond donors (Lipinski definition) is 1. The van der Waals surface area contributed by atoms with Crippen molar-refractivity contribution in [2.24, 2.45) is 0 Å². The number of nitrogens with one attached hydrogen (secondary N) is 1. The Kier molecular flexibility index (Phi) is 6.44. The van der Waals surface area contributed by atoms with Gasteiger partial charge in [-0.15, -0.1) is 11.8 Å². The summed E-state index contributed by atoms with van der Waals surface area (Å²) in [6.45, 7) is 1.45. The molecule has 0 fully saturated rings. The highest BCUT2D eigenvalue weighted by atomic mass is 32.2. The van der Waals surface area contributed by atoms with E-state index in [1.54, 1.807) is 18.9 Å². The monoisotopic (exact) mass is 303 g/mol. The molecule has 0 spiro atoms. The van der Waals surface area contributed by atoms with Gasteiger partial charge in [0.25, 0.3) is 0 Å². The molecule has 21 heavy (non-hydrogen) atoms. The smallest absolute Gasteiger partial charge is 0.127 e. The fourth-order valence-corrected chi connectivity index (χ4v) is 2.71. The maximum Gasteiger partial charge on any atom is 0.127 e. The van der Waals surface area contributed by atoms with Gasteiger partial charge in [0.1, 0.15) is 11.5 Å². The number of methoxy groups -OCH3 is 1. The maximum atomic E-state index is 5.91. The molecule has 0 atom stereocenters. The normalized spacial score (nSPS) is 10.4. The molecule has 0 saturated carbocycles. The van der Waals surface area contributed by atoms with Crippen LogP contribution in [0.5, 0.6) is 11.5 Å². The molecule has 0 saturated heterocycles. The molecule has 0 unspecified atom stereocenters. The van der Waals surface area contributed by atoms with Gasteiger partial charge in [0, 0.05) is 28.8 Å². The van der Waals surface area contributed by atoms with E-state index in [0.717, 1.165) is 29.4 Å². The van der Waals surface area contributed by atoms with Crippen molar-refractivity contribution in [3.05, 3.63) is 54.1 Å². The summed E-state index contributed by atoms with van der Waals surface area (Å²) in [6.07, 6.45) is 0. The van der Waals surface area contributed by atoms with Crippen LogP contribution < -0.4 is 14.8 Å². The molecule has 0 amide bonds. The van der Waals surface area contributed by atoms with Crippen LogP contribution in [0.1, 0.15) is 5.56 Å². The Balaban J connectivity index is 1.89. The van der Waals surface area contributed by atoms with Crippen molar-refractivity contribution < 1.29 is 9.47 Å². The summed E-state index contributed by atoms with van der Waals surface area (Å²) in [5.41, 5.74) is 1.14. The zero-order valence-corrected chi connectivity index (χ0v) is 13.3. The standard InChI is InChI=1S/C17H21NO2S/c1-18-13-14-8-9-15(19-2)12-17(14)20-10-11-21-16-6-4-3-5-7-16/h3-9,12,18H,10-11,13H2,1-2H3. The first-order valence-electron chi connectivity index (χ1n) is 6.95. The molecule has 2 rings (SSSR count). The van der Waals surface area contributed by atoms with Crippen LogP contribution in [-0.4, -0.2) is 26.5 Å². The molecule has 0 radical (unpaired) electrons. The van der Waals surface area contributed by atoms with Crippen LogP contribution in [0.3, 0.4) is 0 Å². The molecule has 4 heteroatoms. The summed E-state index contributed by atoms with van der Waals surface area (Å²) in [7, 11) is 3.60.